The first-order valence-electron chi connectivity index (χ1n) is 5.18. The minimum atomic E-state index is 0.499. The molecule has 4 heterocycles. The zero-order valence-electron chi connectivity index (χ0n) is 8.66. The molecule has 0 amide bonds. The van der Waals surface area contributed by atoms with Crippen LogP contribution in [0.3, 0.4) is 0 Å². The van der Waals surface area contributed by atoms with E-state index in [1.165, 1.54) is 0 Å². The number of nitrogens with zero attached hydrogens (tertiary/aromatic N) is 4. The van der Waals surface area contributed by atoms with E-state index < -0.39 is 0 Å². The molecule has 4 aromatic heterocycles. The van der Waals surface area contributed by atoms with Crippen LogP contribution >= 0.6 is 0 Å². The van der Waals surface area contributed by atoms with Gasteiger partial charge in [0.1, 0.15) is 11.0 Å². The number of aromatic nitrogens is 4. The summed E-state index contributed by atoms with van der Waals surface area (Å²) in [4.78, 5) is 17.2. The number of rotatable bonds is 0. The van der Waals surface area contributed by atoms with E-state index in [-0.39, 0.29) is 0 Å². The standard InChI is InChI=1S/C12H6N4O/c1-3-7-11(14-6-1)16-10-9-8(4-2-5-13-9)17-12(10)15-7/h1-6H. The maximum Gasteiger partial charge on any atom is 0.248 e. The van der Waals surface area contributed by atoms with Gasteiger partial charge in [0.15, 0.2) is 16.7 Å². The smallest absolute Gasteiger partial charge is 0.248 e. The Hall–Kier alpha value is -2.56. The first-order chi connectivity index (χ1) is 8.42. The van der Waals surface area contributed by atoms with Crippen LogP contribution in [0.2, 0.25) is 0 Å². The fourth-order valence-corrected chi connectivity index (χ4v) is 1.86. The molecule has 4 aromatic rings. The van der Waals surface area contributed by atoms with Gasteiger partial charge in [-0.2, -0.15) is 0 Å². The van der Waals surface area contributed by atoms with Crippen LogP contribution in [-0.4, -0.2) is 19.9 Å². The number of hydrogen-bond donors (Lipinski definition) is 0. The molecule has 80 valence electrons. The van der Waals surface area contributed by atoms with Crippen molar-refractivity contribution in [1.29, 1.82) is 0 Å². The fraction of sp³-hybridized carbons (Fsp3) is 0. The van der Waals surface area contributed by atoms with Crippen molar-refractivity contribution in [3.05, 3.63) is 36.7 Å². The highest BCUT2D eigenvalue weighted by atomic mass is 16.3. The molecule has 5 heteroatoms. The van der Waals surface area contributed by atoms with Crippen LogP contribution < -0.4 is 0 Å². The van der Waals surface area contributed by atoms with E-state index in [1.807, 2.05) is 24.3 Å². The lowest BCUT2D eigenvalue weighted by Crippen LogP contribution is -1.87. The van der Waals surface area contributed by atoms with Crippen LogP contribution in [0, 0.1) is 0 Å². The van der Waals surface area contributed by atoms with Crippen LogP contribution in [0.1, 0.15) is 0 Å². The molecule has 5 nitrogen and oxygen atoms in total. The van der Waals surface area contributed by atoms with Crippen molar-refractivity contribution in [3.63, 3.8) is 0 Å². The van der Waals surface area contributed by atoms with Crippen LogP contribution in [0.25, 0.3) is 33.5 Å². The third-order valence-electron chi connectivity index (χ3n) is 2.61. The average molecular weight is 222 g/mol. The lowest BCUT2D eigenvalue weighted by Gasteiger charge is -1.93. The van der Waals surface area contributed by atoms with Gasteiger partial charge in [0, 0.05) is 12.4 Å². The van der Waals surface area contributed by atoms with Gasteiger partial charge in [-0.25, -0.2) is 15.0 Å². The minimum absolute atomic E-state index is 0.499. The Morgan fingerprint density at radius 1 is 0.882 bits per heavy atom. The second kappa shape index (κ2) is 2.98. The van der Waals surface area contributed by atoms with E-state index in [0.29, 0.717) is 22.5 Å². The Morgan fingerprint density at radius 2 is 1.76 bits per heavy atom. The topological polar surface area (TPSA) is 64.7 Å². The van der Waals surface area contributed by atoms with Crippen molar-refractivity contribution < 1.29 is 4.42 Å². The molecule has 0 aliphatic rings. The van der Waals surface area contributed by atoms with Gasteiger partial charge in [-0.15, -0.1) is 0 Å². The zero-order valence-corrected chi connectivity index (χ0v) is 8.66. The number of furan rings is 1. The summed E-state index contributed by atoms with van der Waals surface area (Å²) < 4.78 is 5.60. The SMILES string of the molecule is c1cnc2nc3c(nc2c1)oc1cccnc13. The molecule has 0 saturated carbocycles. The molecule has 4 rings (SSSR count). The Morgan fingerprint density at radius 3 is 2.76 bits per heavy atom. The van der Waals surface area contributed by atoms with Gasteiger partial charge in [0.2, 0.25) is 5.71 Å². The van der Waals surface area contributed by atoms with Gasteiger partial charge in [0.25, 0.3) is 0 Å². The molecule has 0 N–H and O–H groups in total. The minimum Gasteiger partial charge on any atom is -0.435 e. The molecule has 0 aliphatic heterocycles. The van der Waals surface area contributed by atoms with E-state index in [4.69, 9.17) is 4.42 Å². The maximum atomic E-state index is 5.60. The van der Waals surface area contributed by atoms with Crippen molar-refractivity contribution in [3.8, 4) is 0 Å². The van der Waals surface area contributed by atoms with E-state index in [1.54, 1.807) is 12.4 Å². The Balaban J connectivity index is 2.28. The molecule has 0 atom stereocenters. The quantitative estimate of drug-likeness (QED) is 0.456. The highest BCUT2D eigenvalue weighted by molar-refractivity contribution is 6.00. The Labute approximate surface area is 95.1 Å². The molecule has 0 bridgehead atoms. The predicted octanol–water partition coefficient (Wildman–Crippen LogP) is 2.32. The van der Waals surface area contributed by atoms with Gasteiger partial charge in [0.05, 0.1) is 0 Å². The number of fused-ring (bicyclic) bond motifs is 4. The van der Waals surface area contributed by atoms with E-state index in [2.05, 4.69) is 19.9 Å². The summed E-state index contributed by atoms with van der Waals surface area (Å²) in [5.41, 5.74) is 3.90. The van der Waals surface area contributed by atoms with E-state index >= 15 is 0 Å². The monoisotopic (exact) mass is 222 g/mol. The summed E-state index contributed by atoms with van der Waals surface area (Å²) in [6, 6.07) is 7.35. The molecule has 0 saturated heterocycles. The summed E-state index contributed by atoms with van der Waals surface area (Å²) in [6.45, 7) is 0. The summed E-state index contributed by atoms with van der Waals surface area (Å²) in [5, 5.41) is 0. The van der Waals surface area contributed by atoms with Crippen LogP contribution in [0.4, 0.5) is 0 Å². The molecule has 17 heavy (non-hydrogen) atoms. The van der Waals surface area contributed by atoms with Crippen molar-refractivity contribution in [2.75, 3.05) is 0 Å². The van der Waals surface area contributed by atoms with Crippen molar-refractivity contribution >= 4 is 33.5 Å². The molecule has 0 unspecified atom stereocenters. The van der Waals surface area contributed by atoms with Gasteiger partial charge in [-0.3, -0.25) is 4.98 Å². The van der Waals surface area contributed by atoms with E-state index in [9.17, 15) is 0 Å². The van der Waals surface area contributed by atoms with Crippen LogP contribution in [-0.2, 0) is 0 Å². The molecule has 0 radical (unpaired) electrons. The summed E-state index contributed by atoms with van der Waals surface area (Å²) in [5.74, 6) is 0. The van der Waals surface area contributed by atoms with E-state index in [0.717, 1.165) is 11.0 Å². The largest absolute Gasteiger partial charge is 0.435 e. The molecule has 0 aromatic carbocycles. The Bertz CT molecular complexity index is 847. The number of hydrogen-bond acceptors (Lipinski definition) is 5. The summed E-state index contributed by atoms with van der Waals surface area (Å²) in [6.07, 6.45) is 3.40. The first kappa shape index (κ1) is 8.58. The zero-order chi connectivity index (χ0) is 11.2. The molecular formula is C12H6N4O. The van der Waals surface area contributed by atoms with Gasteiger partial charge in [-0.1, -0.05) is 0 Å². The summed E-state index contributed by atoms with van der Waals surface area (Å²) in [7, 11) is 0. The summed E-state index contributed by atoms with van der Waals surface area (Å²) >= 11 is 0. The van der Waals surface area contributed by atoms with Gasteiger partial charge in [-0.05, 0) is 24.3 Å². The normalized spacial score (nSPS) is 11.5. The Kier molecular flexibility index (Phi) is 1.50. The number of pyridine rings is 2. The second-order valence-corrected chi connectivity index (χ2v) is 3.68. The highest BCUT2D eigenvalue weighted by Gasteiger charge is 2.11. The maximum absolute atomic E-state index is 5.60. The van der Waals surface area contributed by atoms with Gasteiger partial charge >= 0.3 is 0 Å². The van der Waals surface area contributed by atoms with Crippen molar-refractivity contribution in [2.45, 2.75) is 0 Å². The first-order valence-corrected chi connectivity index (χ1v) is 5.18. The lowest BCUT2D eigenvalue weighted by molar-refractivity contribution is 0.654. The fourth-order valence-electron chi connectivity index (χ4n) is 1.86. The van der Waals surface area contributed by atoms with Crippen molar-refractivity contribution in [2.24, 2.45) is 0 Å². The van der Waals surface area contributed by atoms with Crippen LogP contribution in [0.5, 0.6) is 0 Å². The lowest BCUT2D eigenvalue weighted by atomic mass is 10.3. The third kappa shape index (κ3) is 1.13. The van der Waals surface area contributed by atoms with Gasteiger partial charge < -0.3 is 4.42 Å². The second-order valence-electron chi connectivity index (χ2n) is 3.68. The molecular weight excluding hydrogens is 216 g/mol. The third-order valence-corrected chi connectivity index (χ3v) is 2.61. The highest BCUT2D eigenvalue weighted by Crippen LogP contribution is 2.24. The molecule has 0 fully saturated rings. The molecule has 0 spiro atoms. The van der Waals surface area contributed by atoms with Crippen LogP contribution in [0.15, 0.2) is 41.1 Å². The van der Waals surface area contributed by atoms with Crippen molar-refractivity contribution in [1.82, 2.24) is 19.9 Å². The average Bonchev–Trinajstić information content (AvgIpc) is 2.73. The predicted molar refractivity (Wildman–Crippen MR) is 62.4 cm³/mol. The molecule has 0 aliphatic carbocycles.